The molecule has 0 radical (unpaired) electrons. The summed E-state index contributed by atoms with van der Waals surface area (Å²) in [5.74, 6) is 0.723. The SMILES string of the molecule is CCOc1c(Cl)cc(Cl)cc1CN[C@H](C)CCc1ccccc1. The van der Waals surface area contributed by atoms with Crippen LogP contribution < -0.4 is 10.1 Å². The average molecular weight is 352 g/mol. The Morgan fingerprint density at radius 2 is 1.87 bits per heavy atom. The molecule has 0 aliphatic heterocycles. The maximum Gasteiger partial charge on any atom is 0.142 e. The Labute approximate surface area is 148 Å². The maximum atomic E-state index is 6.23. The molecule has 0 unspecified atom stereocenters. The van der Waals surface area contributed by atoms with E-state index in [9.17, 15) is 0 Å². The third kappa shape index (κ3) is 5.72. The predicted molar refractivity (Wildman–Crippen MR) is 98.7 cm³/mol. The van der Waals surface area contributed by atoms with Crippen molar-refractivity contribution in [3.8, 4) is 5.75 Å². The van der Waals surface area contributed by atoms with Crippen LogP contribution in [-0.2, 0) is 13.0 Å². The molecule has 0 amide bonds. The molecule has 1 N–H and O–H groups in total. The minimum atomic E-state index is 0.391. The molecule has 1 atom stereocenters. The molecule has 0 saturated heterocycles. The van der Waals surface area contributed by atoms with Crippen molar-refractivity contribution in [1.29, 1.82) is 0 Å². The first-order valence-corrected chi connectivity index (χ1v) is 8.73. The Kier molecular flexibility index (Phi) is 7.22. The quantitative estimate of drug-likeness (QED) is 0.677. The first kappa shape index (κ1) is 18.1. The number of rotatable bonds is 8. The normalized spacial score (nSPS) is 12.2. The molecule has 0 fully saturated rings. The van der Waals surface area contributed by atoms with Crippen LogP contribution in [0.2, 0.25) is 10.0 Å². The van der Waals surface area contributed by atoms with Crippen LogP contribution in [0.25, 0.3) is 0 Å². The van der Waals surface area contributed by atoms with E-state index in [4.69, 9.17) is 27.9 Å². The van der Waals surface area contributed by atoms with Crippen LogP contribution in [0.1, 0.15) is 31.4 Å². The van der Waals surface area contributed by atoms with E-state index in [0.29, 0.717) is 29.2 Å². The zero-order valence-electron chi connectivity index (χ0n) is 13.6. The molecule has 23 heavy (non-hydrogen) atoms. The van der Waals surface area contributed by atoms with Gasteiger partial charge in [-0.25, -0.2) is 0 Å². The molecule has 0 aromatic heterocycles. The molecule has 2 rings (SSSR count). The lowest BCUT2D eigenvalue weighted by molar-refractivity contribution is 0.334. The average Bonchev–Trinajstić information content (AvgIpc) is 2.54. The summed E-state index contributed by atoms with van der Waals surface area (Å²) >= 11 is 12.3. The summed E-state index contributed by atoms with van der Waals surface area (Å²) in [6.07, 6.45) is 2.13. The van der Waals surface area contributed by atoms with Crippen molar-refractivity contribution >= 4 is 23.2 Å². The first-order valence-electron chi connectivity index (χ1n) is 7.98. The molecule has 2 aromatic carbocycles. The van der Waals surface area contributed by atoms with E-state index < -0.39 is 0 Å². The predicted octanol–water partition coefficient (Wildman–Crippen LogP) is 5.50. The van der Waals surface area contributed by atoms with Crippen molar-refractivity contribution in [2.45, 2.75) is 39.3 Å². The van der Waals surface area contributed by atoms with Gasteiger partial charge in [-0.05, 0) is 44.4 Å². The van der Waals surface area contributed by atoms with Crippen molar-refractivity contribution < 1.29 is 4.74 Å². The van der Waals surface area contributed by atoms with Gasteiger partial charge < -0.3 is 10.1 Å². The second-order valence-electron chi connectivity index (χ2n) is 5.62. The number of aryl methyl sites for hydroxylation is 1. The molecular formula is C19H23Cl2NO. The minimum absolute atomic E-state index is 0.391. The lowest BCUT2D eigenvalue weighted by Gasteiger charge is -2.17. The second-order valence-corrected chi connectivity index (χ2v) is 6.46. The summed E-state index contributed by atoms with van der Waals surface area (Å²) in [6, 6.07) is 14.6. The number of hydrogen-bond donors (Lipinski definition) is 1. The van der Waals surface area contributed by atoms with Gasteiger partial charge >= 0.3 is 0 Å². The zero-order chi connectivity index (χ0) is 16.7. The van der Waals surface area contributed by atoms with E-state index in [0.717, 1.165) is 24.2 Å². The van der Waals surface area contributed by atoms with E-state index in [-0.39, 0.29) is 0 Å². The number of hydrogen-bond acceptors (Lipinski definition) is 2. The second kappa shape index (κ2) is 9.17. The monoisotopic (exact) mass is 351 g/mol. The van der Waals surface area contributed by atoms with Gasteiger partial charge in [0, 0.05) is 23.2 Å². The first-order chi connectivity index (χ1) is 11.1. The van der Waals surface area contributed by atoms with E-state index in [2.05, 4.69) is 36.5 Å². The molecule has 2 aromatic rings. The Balaban J connectivity index is 1.92. The molecule has 0 aliphatic carbocycles. The fraction of sp³-hybridized carbons (Fsp3) is 0.368. The molecule has 124 valence electrons. The Bertz CT molecular complexity index is 616. The molecule has 0 spiro atoms. The minimum Gasteiger partial charge on any atom is -0.492 e. The van der Waals surface area contributed by atoms with Gasteiger partial charge in [0.15, 0.2) is 0 Å². The summed E-state index contributed by atoms with van der Waals surface area (Å²) in [7, 11) is 0. The largest absolute Gasteiger partial charge is 0.492 e. The lowest BCUT2D eigenvalue weighted by atomic mass is 10.1. The summed E-state index contributed by atoms with van der Waals surface area (Å²) in [5, 5.41) is 4.72. The van der Waals surface area contributed by atoms with Gasteiger partial charge in [0.25, 0.3) is 0 Å². The maximum absolute atomic E-state index is 6.23. The molecule has 2 nitrogen and oxygen atoms in total. The number of nitrogens with one attached hydrogen (secondary N) is 1. The Hall–Kier alpha value is -1.22. The van der Waals surface area contributed by atoms with Crippen molar-refractivity contribution in [2.24, 2.45) is 0 Å². The summed E-state index contributed by atoms with van der Waals surface area (Å²) in [5.41, 5.74) is 2.36. The molecule has 0 bridgehead atoms. The van der Waals surface area contributed by atoms with Gasteiger partial charge in [-0.1, -0.05) is 53.5 Å². The third-order valence-electron chi connectivity index (χ3n) is 3.72. The van der Waals surface area contributed by atoms with E-state index in [1.165, 1.54) is 5.56 Å². The number of benzene rings is 2. The van der Waals surface area contributed by atoms with E-state index in [1.54, 1.807) is 6.07 Å². The highest BCUT2D eigenvalue weighted by Crippen LogP contribution is 2.32. The van der Waals surface area contributed by atoms with Crippen LogP contribution in [-0.4, -0.2) is 12.6 Å². The summed E-state index contributed by atoms with van der Waals surface area (Å²) < 4.78 is 5.65. The van der Waals surface area contributed by atoms with Gasteiger partial charge in [-0.3, -0.25) is 0 Å². The Morgan fingerprint density at radius 1 is 1.13 bits per heavy atom. The number of halogens is 2. The smallest absolute Gasteiger partial charge is 0.142 e. The van der Waals surface area contributed by atoms with Gasteiger partial charge in [-0.15, -0.1) is 0 Å². The van der Waals surface area contributed by atoms with Crippen molar-refractivity contribution in [2.75, 3.05) is 6.61 Å². The lowest BCUT2D eigenvalue weighted by Crippen LogP contribution is -2.26. The van der Waals surface area contributed by atoms with Gasteiger partial charge in [0.1, 0.15) is 5.75 Å². The molecule has 0 aliphatic rings. The van der Waals surface area contributed by atoms with Crippen LogP contribution in [0, 0.1) is 0 Å². The van der Waals surface area contributed by atoms with Crippen LogP contribution in [0.5, 0.6) is 5.75 Å². The van der Waals surface area contributed by atoms with Gasteiger partial charge in [-0.2, -0.15) is 0 Å². The molecule has 0 heterocycles. The highest BCUT2D eigenvalue weighted by molar-refractivity contribution is 6.35. The van der Waals surface area contributed by atoms with Crippen LogP contribution in [0.3, 0.4) is 0 Å². The fourth-order valence-electron chi connectivity index (χ4n) is 2.47. The molecule has 4 heteroatoms. The van der Waals surface area contributed by atoms with E-state index >= 15 is 0 Å². The van der Waals surface area contributed by atoms with Crippen molar-refractivity contribution in [3.05, 3.63) is 63.6 Å². The van der Waals surface area contributed by atoms with Gasteiger partial charge in [0.2, 0.25) is 0 Å². The Morgan fingerprint density at radius 3 is 2.57 bits per heavy atom. The van der Waals surface area contributed by atoms with Gasteiger partial charge in [0.05, 0.1) is 11.6 Å². The van der Waals surface area contributed by atoms with Crippen LogP contribution >= 0.6 is 23.2 Å². The highest BCUT2D eigenvalue weighted by Gasteiger charge is 2.11. The molecule has 0 saturated carbocycles. The van der Waals surface area contributed by atoms with E-state index in [1.807, 2.05) is 19.1 Å². The van der Waals surface area contributed by atoms with Crippen molar-refractivity contribution in [3.63, 3.8) is 0 Å². The summed E-state index contributed by atoms with van der Waals surface area (Å²) in [6.45, 7) is 5.41. The summed E-state index contributed by atoms with van der Waals surface area (Å²) in [4.78, 5) is 0. The number of ether oxygens (including phenoxy) is 1. The molecular weight excluding hydrogens is 329 g/mol. The fourth-order valence-corrected chi connectivity index (χ4v) is 3.06. The topological polar surface area (TPSA) is 21.3 Å². The standard InChI is InChI=1S/C19H23Cl2NO/c1-3-23-19-16(11-17(20)12-18(19)21)13-22-14(2)9-10-15-7-5-4-6-8-15/h4-8,11-12,14,22H,3,9-10,13H2,1-2H3/t14-/m1/s1. The van der Waals surface area contributed by atoms with Crippen molar-refractivity contribution in [1.82, 2.24) is 5.32 Å². The highest BCUT2D eigenvalue weighted by atomic mass is 35.5. The third-order valence-corrected chi connectivity index (χ3v) is 4.22. The van der Waals surface area contributed by atoms with Crippen LogP contribution in [0.15, 0.2) is 42.5 Å². The van der Waals surface area contributed by atoms with Crippen LogP contribution in [0.4, 0.5) is 0 Å². The zero-order valence-corrected chi connectivity index (χ0v) is 15.1.